The Bertz CT molecular complexity index is 1750. The summed E-state index contributed by atoms with van der Waals surface area (Å²) in [5.74, 6) is -0.424. The highest BCUT2D eigenvalue weighted by molar-refractivity contribution is 5.91. The summed E-state index contributed by atoms with van der Waals surface area (Å²) in [5, 5.41) is 4.46. The molecule has 1 fully saturated rings. The molecule has 10 heteroatoms. The minimum absolute atomic E-state index is 0.169. The van der Waals surface area contributed by atoms with E-state index in [2.05, 4.69) is 22.1 Å². The molecular weight excluding hydrogens is 496 g/mol. The number of benzene rings is 2. The van der Waals surface area contributed by atoms with Gasteiger partial charge in [-0.1, -0.05) is 54.6 Å². The largest absolute Gasteiger partial charge is 0.491 e. The van der Waals surface area contributed by atoms with Gasteiger partial charge in [0, 0.05) is 43.9 Å². The fourth-order valence-electron chi connectivity index (χ4n) is 5.11. The van der Waals surface area contributed by atoms with Crippen molar-refractivity contribution in [3.8, 4) is 28.3 Å². The number of hydrogen-bond donors (Lipinski definition) is 1. The Balaban J connectivity index is 1.23. The van der Waals surface area contributed by atoms with Crippen LogP contribution in [0.5, 0.6) is 5.75 Å². The van der Waals surface area contributed by atoms with Crippen LogP contribution in [-0.2, 0) is 6.54 Å². The van der Waals surface area contributed by atoms with Crippen LogP contribution in [0.2, 0.25) is 0 Å². The molecule has 10 nitrogen and oxygen atoms in total. The Morgan fingerprint density at radius 2 is 1.62 bits per heavy atom. The molecule has 2 N–H and O–H groups in total. The van der Waals surface area contributed by atoms with Crippen LogP contribution >= 0.6 is 0 Å². The highest BCUT2D eigenvalue weighted by Crippen LogP contribution is 2.32. The van der Waals surface area contributed by atoms with Gasteiger partial charge in [0.15, 0.2) is 11.4 Å². The molecule has 1 saturated heterocycles. The molecular formula is C29H26N6O4. The first kappa shape index (κ1) is 24.5. The Labute approximate surface area is 223 Å². The van der Waals surface area contributed by atoms with E-state index in [0.717, 1.165) is 47.7 Å². The summed E-state index contributed by atoms with van der Waals surface area (Å²) < 4.78 is 6.77. The predicted molar refractivity (Wildman–Crippen MR) is 148 cm³/mol. The molecule has 0 radical (unpaired) electrons. The molecule has 39 heavy (non-hydrogen) atoms. The number of nitrogens with zero attached hydrogens (tertiary/aromatic N) is 5. The van der Waals surface area contributed by atoms with E-state index in [4.69, 9.17) is 15.5 Å². The van der Waals surface area contributed by atoms with Gasteiger partial charge in [-0.05, 0) is 17.7 Å². The second-order valence-corrected chi connectivity index (χ2v) is 9.53. The van der Waals surface area contributed by atoms with Crippen molar-refractivity contribution in [3.05, 3.63) is 98.4 Å². The lowest BCUT2D eigenvalue weighted by Gasteiger charge is -2.36. The standard InChI is InChI=1S/C29H26N6O4/c1-39-28-25(26(36)27(28)37)34-15-13-33(14-16-34)17-18-7-9-19(10-8-18)23-24(20-5-3-2-4-6-20)35-22(31-23)12-11-21(32-35)29(30)38/h2-12H,13-17H2,1H3,(H2,30,38). The van der Waals surface area contributed by atoms with Crippen LogP contribution in [0.25, 0.3) is 28.2 Å². The van der Waals surface area contributed by atoms with Gasteiger partial charge in [0.2, 0.25) is 0 Å². The van der Waals surface area contributed by atoms with Crippen LogP contribution in [0.1, 0.15) is 16.1 Å². The van der Waals surface area contributed by atoms with Crippen LogP contribution in [-0.4, -0.2) is 58.7 Å². The quantitative estimate of drug-likeness (QED) is 0.323. The normalized spacial score (nSPS) is 14.2. The highest BCUT2D eigenvalue weighted by Gasteiger charge is 2.29. The number of aromatic nitrogens is 3. The lowest BCUT2D eigenvalue weighted by atomic mass is 10.0. The lowest BCUT2D eigenvalue weighted by Crippen LogP contribution is -2.50. The van der Waals surface area contributed by atoms with E-state index in [9.17, 15) is 14.4 Å². The van der Waals surface area contributed by atoms with E-state index in [1.165, 1.54) is 7.11 Å². The van der Waals surface area contributed by atoms with Crippen molar-refractivity contribution < 1.29 is 9.53 Å². The molecule has 0 bridgehead atoms. The summed E-state index contributed by atoms with van der Waals surface area (Å²) in [7, 11) is 1.42. The van der Waals surface area contributed by atoms with Crippen molar-refractivity contribution in [2.75, 3.05) is 38.2 Å². The number of nitrogens with two attached hydrogens (primary N) is 1. The van der Waals surface area contributed by atoms with Gasteiger partial charge in [-0.3, -0.25) is 19.3 Å². The van der Waals surface area contributed by atoms with Gasteiger partial charge < -0.3 is 15.4 Å². The molecule has 1 aliphatic heterocycles. The Morgan fingerprint density at radius 3 is 2.28 bits per heavy atom. The second-order valence-electron chi connectivity index (χ2n) is 9.53. The number of carbonyl (C=O) groups excluding carboxylic acids is 1. The monoisotopic (exact) mass is 522 g/mol. The first-order valence-electron chi connectivity index (χ1n) is 12.6. The van der Waals surface area contributed by atoms with Gasteiger partial charge in [-0.2, -0.15) is 5.10 Å². The molecule has 0 saturated carbocycles. The van der Waals surface area contributed by atoms with Gasteiger partial charge in [0.05, 0.1) is 12.8 Å². The molecule has 5 aromatic rings. The summed E-state index contributed by atoms with van der Waals surface area (Å²) in [5.41, 5.74) is 10.2. The molecule has 196 valence electrons. The third-order valence-corrected chi connectivity index (χ3v) is 7.15. The topological polar surface area (TPSA) is 123 Å². The van der Waals surface area contributed by atoms with Crippen LogP contribution in [0, 0.1) is 0 Å². The van der Waals surface area contributed by atoms with Crippen molar-refractivity contribution in [1.82, 2.24) is 19.5 Å². The van der Waals surface area contributed by atoms with E-state index in [1.54, 1.807) is 16.6 Å². The van der Waals surface area contributed by atoms with Crippen molar-refractivity contribution >= 4 is 17.2 Å². The van der Waals surface area contributed by atoms with E-state index in [1.807, 2.05) is 47.4 Å². The maximum absolute atomic E-state index is 12.0. The number of fused-ring (bicyclic) bond motifs is 1. The predicted octanol–water partition coefficient (Wildman–Crippen LogP) is 2.09. The number of hydrogen-bond acceptors (Lipinski definition) is 8. The van der Waals surface area contributed by atoms with Crippen molar-refractivity contribution in [2.45, 2.75) is 6.54 Å². The fraction of sp³-hybridized carbons (Fsp3) is 0.207. The van der Waals surface area contributed by atoms with Crippen LogP contribution in [0.15, 0.2) is 76.3 Å². The molecule has 0 aliphatic carbocycles. The number of methoxy groups -OCH3 is 1. The minimum atomic E-state index is -0.597. The molecule has 1 amide bonds. The van der Waals surface area contributed by atoms with Gasteiger partial charge in [-0.15, -0.1) is 0 Å². The Hall–Kier alpha value is -4.83. The number of ether oxygens (including phenoxy) is 1. The summed E-state index contributed by atoms with van der Waals surface area (Å²) in [6.07, 6.45) is 0. The molecule has 1 aliphatic rings. The van der Waals surface area contributed by atoms with Gasteiger partial charge >= 0.3 is 0 Å². The van der Waals surface area contributed by atoms with Gasteiger partial charge in [0.25, 0.3) is 16.8 Å². The highest BCUT2D eigenvalue weighted by atomic mass is 16.5. The lowest BCUT2D eigenvalue weighted by molar-refractivity contribution is 0.0994. The first-order valence-corrected chi connectivity index (χ1v) is 12.6. The van der Waals surface area contributed by atoms with Crippen LogP contribution in [0.4, 0.5) is 5.69 Å². The number of primary amides is 1. The maximum atomic E-state index is 12.0. The third kappa shape index (κ3) is 4.34. The maximum Gasteiger partial charge on any atom is 0.272 e. The molecule has 2 aromatic heterocycles. The molecule has 6 rings (SSSR count). The van der Waals surface area contributed by atoms with E-state index in [0.29, 0.717) is 24.4 Å². The summed E-state index contributed by atoms with van der Waals surface area (Å²) in [4.78, 5) is 44.5. The van der Waals surface area contributed by atoms with Crippen molar-refractivity contribution in [1.29, 1.82) is 0 Å². The summed E-state index contributed by atoms with van der Waals surface area (Å²) in [6, 6.07) is 21.4. The molecule has 3 heterocycles. The first-order chi connectivity index (χ1) is 18.9. The molecule has 0 spiro atoms. The zero-order valence-corrected chi connectivity index (χ0v) is 21.3. The van der Waals surface area contributed by atoms with E-state index < -0.39 is 16.8 Å². The minimum Gasteiger partial charge on any atom is -0.491 e. The number of rotatable bonds is 7. The van der Waals surface area contributed by atoms with Gasteiger partial charge in [0.1, 0.15) is 17.1 Å². The van der Waals surface area contributed by atoms with E-state index >= 15 is 0 Å². The third-order valence-electron chi connectivity index (χ3n) is 7.15. The number of anilines is 1. The van der Waals surface area contributed by atoms with Crippen LogP contribution < -0.4 is 26.2 Å². The fourth-order valence-corrected chi connectivity index (χ4v) is 5.11. The average molecular weight is 523 g/mol. The molecule has 3 aromatic carbocycles. The summed E-state index contributed by atoms with van der Waals surface area (Å²) >= 11 is 0. The zero-order valence-electron chi connectivity index (χ0n) is 21.3. The molecule has 0 unspecified atom stereocenters. The second kappa shape index (κ2) is 9.80. The number of carbonyl (C=O) groups is 1. The number of imidazole rings is 1. The van der Waals surface area contributed by atoms with Gasteiger partial charge in [-0.25, -0.2) is 9.50 Å². The number of amides is 1. The smallest absolute Gasteiger partial charge is 0.272 e. The Morgan fingerprint density at radius 1 is 0.897 bits per heavy atom. The molecule has 0 atom stereocenters. The van der Waals surface area contributed by atoms with E-state index in [-0.39, 0.29) is 11.4 Å². The average Bonchev–Trinajstić information content (AvgIpc) is 3.35. The SMILES string of the molecule is COc1c(N2CCN(Cc3ccc(-c4nc5ccc(C(N)=O)nn5c4-c4ccccc4)cc3)CC2)c(=O)c1=O. The summed E-state index contributed by atoms with van der Waals surface area (Å²) in [6.45, 7) is 3.60. The van der Waals surface area contributed by atoms with Crippen molar-refractivity contribution in [3.63, 3.8) is 0 Å². The van der Waals surface area contributed by atoms with Crippen molar-refractivity contribution in [2.24, 2.45) is 5.73 Å². The zero-order chi connectivity index (χ0) is 27.1. The number of piperazine rings is 1. The van der Waals surface area contributed by atoms with Crippen LogP contribution in [0.3, 0.4) is 0 Å². The Kier molecular flexibility index (Phi) is 6.16.